The molecule has 3 aromatic carbocycles. The summed E-state index contributed by atoms with van der Waals surface area (Å²) in [6.07, 6.45) is 0. The van der Waals surface area contributed by atoms with Gasteiger partial charge < -0.3 is 10.6 Å². The first-order valence-corrected chi connectivity index (χ1v) is 10.5. The van der Waals surface area contributed by atoms with Gasteiger partial charge in [-0.3, -0.25) is 14.4 Å². The number of anilines is 3. The molecule has 3 amide bonds. The molecule has 0 atom stereocenters. The second-order valence-corrected chi connectivity index (χ2v) is 8.04. The lowest BCUT2D eigenvalue weighted by molar-refractivity contribution is -0.120. The SMILES string of the molecule is Cc1ccc(Cl)cc1N1C(=O)C(Cl)=C(Nc2ccc(C(=O)Nc3ccc(F)cc3)cc2)C1=O. The average Bonchev–Trinajstić information content (AvgIpc) is 3.00. The van der Waals surface area contributed by atoms with Crippen LogP contribution in [0.1, 0.15) is 15.9 Å². The van der Waals surface area contributed by atoms with Gasteiger partial charge in [0.05, 0.1) is 5.69 Å². The quantitative estimate of drug-likeness (QED) is 0.471. The molecular weight excluding hydrogens is 468 g/mol. The van der Waals surface area contributed by atoms with Gasteiger partial charge in [0.25, 0.3) is 17.7 Å². The van der Waals surface area contributed by atoms with Gasteiger partial charge >= 0.3 is 0 Å². The van der Waals surface area contributed by atoms with E-state index in [9.17, 15) is 18.8 Å². The van der Waals surface area contributed by atoms with Crippen LogP contribution in [0.3, 0.4) is 0 Å². The number of amides is 3. The molecule has 0 unspecified atom stereocenters. The Hall–Kier alpha value is -3.68. The molecule has 2 N–H and O–H groups in total. The van der Waals surface area contributed by atoms with Crippen molar-refractivity contribution in [3.63, 3.8) is 0 Å². The molecule has 0 bridgehead atoms. The number of halogens is 3. The number of nitrogens with one attached hydrogen (secondary N) is 2. The predicted octanol–water partition coefficient (Wildman–Crippen LogP) is 5.48. The summed E-state index contributed by atoms with van der Waals surface area (Å²) in [6.45, 7) is 1.75. The Morgan fingerprint density at radius 2 is 1.52 bits per heavy atom. The standard InChI is InChI=1S/C24H16Cl2FN3O3/c1-13-2-5-15(25)12-19(13)30-23(32)20(26)21(24(30)33)28-17-8-3-14(4-9-17)22(31)29-18-10-6-16(27)7-11-18/h2-12,28H,1H3,(H,29,31). The van der Waals surface area contributed by atoms with Crippen LogP contribution in [0.15, 0.2) is 77.5 Å². The number of hydrogen-bond acceptors (Lipinski definition) is 4. The number of nitrogens with zero attached hydrogens (tertiary/aromatic N) is 1. The minimum Gasteiger partial charge on any atom is -0.350 e. The normalized spacial score (nSPS) is 13.5. The highest BCUT2D eigenvalue weighted by molar-refractivity contribution is 6.53. The molecule has 4 rings (SSSR count). The molecule has 3 aromatic rings. The summed E-state index contributed by atoms with van der Waals surface area (Å²) in [7, 11) is 0. The zero-order chi connectivity index (χ0) is 23.7. The van der Waals surface area contributed by atoms with Gasteiger partial charge in [-0.1, -0.05) is 29.3 Å². The number of imide groups is 1. The van der Waals surface area contributed by atoms with Crippen molar-refractivity contribution in [3.8, 4) is 0 Å². The topological polar surface area (TPSA) is 78.5 Å². The fraction of sp³-hybridized carbons (Fsp3) is 0.0417. The van der Waals surface area contributed by atoms with E-state index < -0.39 is 17.6 Å². The van der Waals surface area contributed by atoms with Crippen LogP contribution in [-0.2, 0) is 9.59 Å². The van der Waals surface area contributed by atoms with Crippen LogP contribution >= 0.6 is 23.2 Å². The molecule has 0 aliphatic carbocycles. The maximum atomic E-state index is 13.0. The number of rotatable bonds is 5. The first kappa shape index (κ1) is 22.5. The molecule has 0 saturated heterocycles. The highest BCUT2D eigenvalue weighted by Crippen LogP contribution is 2.33. The van der Waals surface area contributed by atoms with Crippen molar-refractivity contribution in [3.05, 3.63) is 99.4 Å². The van der Waals surface area contributed by atoms with Crippen molar-refractivity contribution in [2.24, 2.45) is 0 Å². The molecule has 0 saturated carbocycles. The van der Waals surface area contributed by atoms with Crippen LogP contribution < -0.4 is 15.5 Å². The van der Waals surface area contributed by atoms with E-state index in [2.05, 4.69) is 10.6 Å². The van der Waals surface area contributed by atoms with Gasteiger partial charge in [-0.2, -0.15) is 0 Å². The first-order valence-electron chi connectivity index (χ1n) is 9.73. The predicted molar refractivity (Wildman–Crippen MR) is 126 cm³/mol. The van der Waals surface area contributed by atoms with E-state index in [0.29, 0.717) is 33.2 Å². The molecule has 1 aliphatic rings. The second-order valence-electron chi connectivity index (χ2n) is 7.23. The third kappa shape index (κ3) is 4.60. The van der Waals surface area contributed by atoms with Crippen LogP contribution in [0.4, 0.5) is 21.5 Å². The maximum absolute atomic E-state index is 13.0. The summed E-state index contributed by atoms with van der Waals surface area (Å²) in [6, 6.07) is 16.5. The number of carbonyl (C=O) groups excluding carboxylic acids is 3. The van der Waals surface area contributed by atoms with Crippen LogP contribution in [0, 0.1) is 12.7 Å². The Morgan fingerprint density at radius 3 is 2.18 bits per heavy atom. The largest absolute Gasteiger partial charge is 0.350 e. The van der Waals surface area contributed by atoms with Crippen molar-refractivity contribution in [2.45, 2.75) is 6.92 Å². The molecule has 0 radical (unpaired) electrons. The molecule has 9 heteroatoms. The molecule has 6 nitrogen and oxygen atoms in total. The second kappa shape index (κ2) is 9.05. The van der Waals surface area contributed by atoms with E-state index in [0.717, 1.165) is 4.90 Å². The third-order valence-electron chi connectivity index (χ3n) is 4.96. The van der Waals surface area contributed by atoms with E-state index in [1.165, 1.54) is 42.5 Å². The van der Waals surface area contributed by atoms with Crippen molar-refractivity contribution in [2.75, 3.05) is 15.5 Å². The number of hydrogen-bond donors (Lipinski definition) is 2. The summed E-state index contributed by atoms with van der Waals surface area (Å²) in [5.74, 6) is -2.07. The lowest BCUT2D eigenvalue weighted by Gasteiger charge is -2.17. The van der Waals surface area contributed by atoms with Crippen molar-refractivity contribution < 1.29 is 18.8 Å². The van der Waals surface area contributed by atoms with E-state index in [4.69, 9.17) is 23.2 Å². The van der Waals surface area contributed by atoms with Gasteiger partial charge in [0.1, 0.15) is 16.5 Å². The summed E-state index contributed by atoms with van der Waals surface area (Å²) in [4.78, 5) is 39.0. The van der Waals surface area contributed by atoms with Crippen molar-refractivity contribution >= 4 is 58.0 Å². The number of benzene rings is 3. The van der Waals surface area contributed by atoms with Gasteiger partial charge in [0.15, 0.2) is 0 Å². The summed E-state index contributed by atoms with van der Waals surface area (Å²) in [5, 5.41) is 5.64. The molecule has 1 aliphatic heterocycles. The van der Waals surface area contributed by atoms with E-state index in [-0.39, 0.29) is 16.6 Å². The van der Waals surface area contributed by atoms with Crippen molar-refractivity contribution in [1.29, 1.82) is 0 Å². The highest BCUT2D eigenvalue weighted by atomic mass is 35.5. The molecule has 0 aromatic heterocycles. The fourth-order valence-corrected chi connectivity index (χ4v) is 3.62. The molecule has 166 valence electrons. The zero-order valence-electron chi connectivity index (χ0n) is 17.2. The zero-order valence-corrected chi connectivity index (χ0v) is 18.7. The highest BCUT2D eigenvalue weighted by Gasteiger charge is 2.39. The summed E-state index contributed by atoms with van der Waals surface area (Å²) in [5.41, 5.74) is 2.20. The van der Waals surface area contributed by atoms with Crippen LogP contribution in [0.2, 0.25) is 5.02 Å². The third-order valence-corrected chi connectivity index (χ3v) is 5.54. The molecule has 0 spiro atoms. The monoisotopic (exact) mass is 483 g/mol. The van der Waals surface area contributed by atoms with Gasteiger partial charge in [0, 0.05) is 22.0 Å². The Morgan fingerprint density at radius 1 is 0.879 bits per heavy atom. The summed E-state index contributed by atoms with van der Waals surface area (Å²) >= 11 is 12.2. The molecule has 0 fully saturated rings. The van der Waals surface area contributed by atoms with Crippen LogP contribution in [-0.4, -0.2) is 17.7 Å². The number of aryl methyl sites for hydroxylation is 1. The van der Waals surface area contributed by atoms with E-state index >= 15 is 0 Å². The molecule has 1 heterocycles. The minimum atomic E-state index is -0.662. The average molecular weight is 484 g/mol. The van der Waals surface area contributed by atoms with Gasteiger partial charge in [-0.25, -0.2) is 9.29 Å². The first-order chi connectivity index (χ1) is 15.7. The Balaban J connectivity index is 1.50. The Kier molecular flexibility index (Phi) is 6.18. The molecular formula is C24H16Cl2FN3O3. The Bertz CT molecular complexity index is 1310. The maximum Gasteiger partial charge on any atom is 0.283 e. The van der Waals surface area contributed by atoms with Crippen molar-refractivity contribution in [1.82, 2.24) is 0 Å². The number of carbonyl (C=O) groups is 3. The van der Waals surface area contributed by atoms with Gasteiger partial charge in [0.2, 0.25) is 0 Å². The fourth-order valence-electron chi connectivity index (χ4n) is 3.24. The lowest BCUT2D eigenvalue weighted by Crippen LogP contribution is -2.32. The van der Waals surface area contributed by atoms with Crippen LogP contribution in [0.5, 0.6) is 0 Å². The minimum absolute atomic E-state index is 0.0791. The van der Waals surface area contributed by atoms with Gasteiger partial charge in [-0.05, 0) is 73.2 Å². The summed E-state index contributed by atoms with van der Waals surface area (Å²) < 4.78 is 13.0. The molecule has 33 heavy (non-hydrogen) atoms. The van der Waals surface area contributed by atoms with Crippen LogP contribution in [0.25, 0.3) is 0 Å². The van der Waals surface area contributed by atoms with Gasteiger partial charge in [-0.15, -0.1) is 0 Å². The van der Waals surface area contributed by atoms with E-state index in [1.807, 2.05) is 0 Å². The van der Waals surface area contributed by atoms with E-state index in [1.54, 1.807) is 31.2 Å². The Labute approximate surface area is 198 Å². The smallest absolute Gasteiger partial charge is 0.283 e. The lowest BCUT2D eigenvalue weighted by atomic mass is 10.1.